The summed E-state index contributed by atoms with van der Waals surface area (Å²) in [6.45, 7) is 5.08. The van der Waals surface area contributed by atoms with E-state index in [1.807, 2.05) is 13.8 Å². The van der Waals surface area contributed by atoms with Gasteiger partial charge in [-0.2, -0.15) is 0 Å². The third kappa shape index (κ3) is 2.57. The van der Waals surface area contributed by atoms with Crippen LogP contribution in [0.1, 0.15) is 43.7 Å². The number of aryl methyl sites for hydroxylation is 1. The van der Waals surface area contributed by atoms with E-state index in [4.69, 9.17) is 0 Å². The first kappa shape index (κ1) is 19.0. The van der Waals surface area contributed by atoms with Crippen molar-refractivity contribution in [3.63, 3.8) is 0 Å². The van der Waals surface area contributed by atoms with Crippen LogP contribution in [0.4, 0.5) is 10.6 Å². The highest BCUT2D eigenvalue weighted by molar-refractivity contribution is 6.20. The van der Waals surface area contributed by atoms with Gasteiger partial charge in [-0.05, 0) is 50.8 Å². The van der Waals surface area contributed by atoms with Crippen LogP contribution in [0.2, 0.25) is 0 Å². The average molecular weight is 407 g/mol. The van der Waals surface area contributed by atoms with E-state index in [1.165, 1.54) is 4.90 Å². The van der Waals surface area contributed by atoms with E-state index < -0.39 is 17.4 Å². The SMILES string of the molecule is CCCN1C(=O)NC(=O)[C@]2(Cc3cc4cc(C)ccc4[nH+]c3N3CCCC[C@@H]32)C1=O. The largest absolute Gasteiger partial charge is 0.330 e. The van der Waals surface area contributed by atoms with Crippen LogP contribution in [0.3, 0.4) is 0 Å². The van der Waals surface area contributed by atoms with Crippen LogP contribution in [0, 0.1) is 12.3 Å². The number of carbonyl (C=O) groups excluding carboxylic acids is 3. The minimum Gasteiger partial charge on any atom is -0.276 e. The van der Waals surface area contributed by atoms with E-state index in [0.717, 1.165) is 53.7 Å². The molecule has 4 amide bonds. The third-order valence-electron chi connectivity index (χ3n) is 6.87. The minimum absolute atomic E-state index is 0.252. The van der Waals surface area contributed by atoms with E-state index in [1.54, 1.807) is 0 Å². The number of imide groups is 2. The van der Waals surface area contributed by atoms with E-state index in [0.29, 0.717) is 19.4 Å². The second-order valence-corrected chi connectivity index (χ2v) is 8.80. The topological polar surface area (TPSA) is 83.9 Å². The van der Waals surface area contributed by atoms with Crippen molar-refractivity contribution < 1.29 is 19.4 Å². The summed E-state index contributed by atoms with van der Waals surface area (Å²) in [4.78, 5) is 46.4. The first-order valence-corrected chi connectivity index (χ1v) is 10.9. The van der Waals surface area contributed by atoms with Crippen molar-refractivity contribution in [1.82, 2.24) is 10.2 Å². The quantitative estimate of drug-likeness (QED) is 0.775. The van der Waals surface area contributed by atoms with Gasteiger partial charge >= 0.3 is 6.03 Å². The molecule has 5 rings (SSSR count). The van der Waals surface area contributed by atoms with Gasteiger partial charge in [0.05, 0.1) is 6.54 Å². The number of H-pyrrole nitrogens is 1. The zero-order chi connectivity index (χ0) is 21.0. The predicted molar refractivity (Wildman–Crippen MR) is 112 cm³/mol. The minimum atomic E-state index is -1.26. The van der Waals surface area contributed by atoms with Crippen molar-refractivity contribution in [2.45, 2.75) is 52.0 Å². The smallest absolute Gasteiger partial charge is 0.276 e. The number of nitrogens with one attached hydrogen (secondary N) is 2. The van der Waals surface area contributed by atoms with Crippen LogP contribution in [-0.4, -0.2) is 41.9 Å². The number of anilines is 1. The molecule has 1 aromatic carbocycles. The number of piperidine rings is 1. The first-order valence-electron chi connectivity index (χ1n) is 10.9. The Morgan fingerprint density at radius 1 is 1.20 bits per heavy atom. The maximum absolute atomic E-state index is 13.7. The van der Waals surface area contributed by atoms with Gasteiger partial charge < -0.3 is 0 Å². The number of urea groups is 1. The third-order valence-corrected chi connectivity index (χ3v) is 6.87. The monoisotopic (exact) mass is 407 g/mol. The van der Waals surface area contributed by atoms with Crippen molar-refractivity contribution >= 4 is 34.6 Å². The number of benzene rings is 1. The fraction of sp³-hybridized carbons (Fsp3) is 0.478. The van der Waals surface area contributed by atoms with Crippen molar-refractivity contribution in [2.24, 2.45) is 5.41 Å². The van der Waals surface area contributed by atoms with Gasteiger partial charge in [-0.3, -0.25) is 24.7 Å². The molecule has 2 saturated heterocycles. The van der Waals surface area contributed by atoms with Gasteiger partial charge in [0.2, 0.25) is 5.91 Å². The molecule has 3 aliphatic heterocycles. The summed E-state index contributed by atoms with van der Waals surface area (Å²) in [5.41, 5.74) is 1.90. The highest BCUT2D eigenvalue weighted by Crippen LogP contribution is 2.46. The van der Waals surface area contributed by atoms with Crippen LogP contribution in [0.25, 0.3) is 10.9 Å². The Balaban J connectivity index is 1.70. The van der Waals surface area contributed by atoms with E-state index >= 15 is 0 Å². The van der Waals surface area contributed by atoms with Crippen LogP contribution in [0.5, 0.6) is 0 Å². The molecule has 0 saturated carbocycles. The molecule has 30 heavy (non-hydrogen) atoms. The van der Waals surface area contributed by atoms with Gasteiger partial charge in [0.25, 0.3) is 11.7 Å². The number of aromatic nitrogens is 1. The van der Waals surface area contributed by atoms with Gasteiger partial charge in [-0.15, -0.1) is 0 Å². The molecule has 2 N–H and O–H groups in total. The molecule has 0 unspecified atom stereocenters. The van der Waals surface area contributed by atoms with Gasteiger partial charge in [0, 0.05) is 23.9 Å². The second-order valence-electron chi connectivity index (χ2n) is 8.80. The highest BCUT2D eigenvalue weighted by Gasteiger charge is 2.65. The zero-order valence-electron chi connectivity index (χ0n) is 17.5. The average Bonchev–Trinajstić information content (AvgIpc) is 2.74. The lowest BCUT2D eigenvalue weighted by Gasteiger charge is -2.49. The van der Waals surface area contributed by atoms with Crippen LogP contribution >= 0.6 is 0 Å². The van der Waals surface area contributed by atoms with Crippen molar-refractivity contribution in [3.05, 3.63) is 35.4 Å². The molecular formula is C23H27N4O3+. The molecule has 2 atom stereocenters. The number of nitrogens with zero attached hydrogens (tertiary/aromatic N) is 2. The molecular weight excluding hydrogens is 380 g/mol. The number of barbiturate groups is 1. The standard InChI is InChI=1S/C23H26N4O3/c1-3-9-27-21(29)23(20(28)25-22(27)30)13-16-12-15-11-14(2)7-8-17(15)24-19(16)26-10-5-4-6-18(23)26/h7-8,11-12,18H,3-6,9-10,13H2,1-2H3,(H,25,28,30)/p+1/t18-,23-/m1/s1. The number of hydrogen-bond acceptors (Lipinski definition) is 4. The summed E-state index contributed by atoms with van der Waals surface area (Å²) in [5, 5.41) is 3.57. The van der Waals surface area contributed by atoms with Crippen molar-refractivity contribution in [2.75, 3.05) is 18.0 Å². The van der Waals surface area contributed by atoms with Crippen LogP contribution < -0.4 is 15.2 Å². The summed E-state index contributed by atoms with van der Waals surface area (Å²) < 4.78 is 0. The number of fused-ring (bicyclic) bond motifs is 5. The molecule has 2 aromatic rings. The van der Waals surface area contributed by atoms with Crippen LogP contribution in [0.15, 0.2) is 24.3 Å². The second kappa shape index (κ2) is 6.79. The molecule has 7 nitrogen and oxygen atoms in total. The number of rotatable bonds is 2. The fourth-order valence-electron chi connectivity index (χ4n) is 5.48. The summed E-state index contributed by atoms with van der Waals surface area (Å²) in [7, 11) is 0. The first-order chi connectivity index (χ1) is 14.5. The highest BCUT2D eigenvalue weighted by atomic mass is 16.2. The summed E-state index contributed by atoms with van der Waals surface area (Å²) in [6, 6.07) is 7.52. The number of carbonyl (C=O) groups is 3. The predicted octanol–water partition coefficient (Wildman–Crippen LogP) is 2.35. The summed E-state index contributed by atoms with van der Waals surface area (Å²) >= 11 is 0. The summed E-state index contributed by atoms with van der Waals surface area (Å²) in [5.74, 6) is 0.211. The zero-order valence-corrected chi connectivity index (χ0v) is 17.5. The Bertz CT molecular complexity index is 1080. The molecule has 0 aliphatic carbocycles. The van der Waals surface area contributed by atoms with Gasteiger partial charge in [-0.25, -0.2) is 9.78 Å². The number of amides is 4. The molecule has 0 radical (unpaired) electrons. The van der Waals surface area contributed by atoms with Gasteiger partial charge in [0.15, 0.2) is 5.41 Å². The fourth-order valence-corrected chi connectivity index (χ4v) is 5.48. The van der Waals surface area contributed by atoms with Gasteiger partial charge in [-0.1, -0.05) is 18.6 Å². The van der Waals surface area contributed by atoms with Crippen molar-refractivity contribution in [1.29, 1.82) is 0 Å². The molecule has 1 aromatic heterocycles. The molecule has 7 heteroatoms. The van der Waals surface area contributed by atoms with Crippen LogP contribution in [-0.2, 0) is 16.0 Å². The number of hydrogen-bond donors (Lipinski definition) is 1. The Hall–Kier alpha value is -2.96. The summed E-state index contributed by atoms with van der Waals surface area (Å²) in [6.07, 6.45) is 3.70. The van der Waals surface area contributed by atoms with Gasteiger partial charge in [0.1, 0.15) is 11.6 Å². The molecule has 2 fully saturated rings. The van der Waals surface area contributed by atoms with E-state index in [2.05, 4.69) is 39.5 Å². The van der Waals surface area contributed by atoms with E-state index in [-0.39, 0.29) is 11.9 Å². The maximum atomic E-state index is 13.7. The Morgan fingerprint density at radius 2 is 2.03 bits per heavy atom. The molecule has 156 valence electrons. The normalized spacial score (nSPS) is 26.1. The lowest BCUT2D eigenvalue weighted by atomic mass is 9.66. The van der Waals surface area contributed by atoms with Crippen molar-refractivity contribution in [3.8, 4) is 0 Å². The molecule has 4 heterocycles. The molecule has 0 bridgehead atoms. The van der Waals surface area contributed by atoms with E-state index in [9.17, 15) is 14.4 Å². The maximum Gasteiger partial charge on any atom is 0.330 e. The number of aromatic amines is 1. The lowest BCUT2D eigenvalue weighted by molar-refractivity contribution is -0.333. The molecule has 3 aliphatic rings. The molecule has 1 spiro atoms. The Morgan fingerprint density at radius 3 is 2.83 bits per heavy atom. The Labute approximate surface area is 175 Å². The number of pyridine rings is 1. The Kier molecular flexibility index (Phi) is 4.31. The lowest BCUT2D eigenvalue weighted by Crippen LogP contribution is -2.73.